The standard InChI is InChI=1S/C25H25F3N2O/c1-15-13-14-19-21(29-15)11-6-12-22(19)30-23-18-9-3-2-7-16(18)17-8-4-5-10-20(17)24(23,31)25(26,27)28/h2-3,6-7,9,11-14,17,20,23,30-31H,4-5,8,10H2,1H3. The van der Waals surface area contributed by atoms with Crippen molar-refractivity contribution < 1.29 is 18.3 Å². The van der Waals surface area contributed by atoms with Gasteiger partial charge in [-0.2, -0.15) is 13.2 Å². The molecule has 1 fully saturated rings. The van der Waals surface area contributed by atoms with E-state index in [0.29, 0.717) is 36.0 Å². The smallest absolute Gasteiger partial charge is 0.378 e. The molecule has 0 amide bonds. The number of nitrogens with one attached hydrogen (secondary N) is 1. The molecule has 3 aromatic rings. The lowest BCUT2D eigenvalue weighted by Crippen LogP contribution is -2.61. The van der Waals surface area contributed by atoms with E-state index in [-0.39, 0.29) is 5.92 Å². The normalized spacial score (nSPS) is 28.1. The van der Waals surface area contributed by atoms with Crippen LogP contribution in [-0.4, -0.2) is 21.9 Å². The minimum atomic E-state index is -4.77. The summed E-state index contributed by atoms with van der Waals surface area (Å²) in [5.41, 5.74) is 0.689. The van der Waals surface area contributed by atoms with Gasteiger partial charge in [0.1, 0.15) is 0 Å². The van der Waals surface area contributed by atoms with Crippen LogP contribution in [0.5, 0.6) is 0 Å². The second-order valence-corrected chi connectivity index (χ2v) is 8.85. The number of alkyl halides is 3. The average Bonchev–Trinajstić information content (AvgIpc) is 2.75. The van der Waals surface area contributed by atoms with Gasteiger partial charge >= 0.3 is 6.18 Å². The van der Waals surface area contributed by atoms with Gasteiger partial charge in [0.25, 0.3) is 0 Å². The largest absolute Gasteiger partial charge is 0.419 e. The zero-order valence-corrected chi connectivity index (χ0v) is 17.3. The number of aromatic nitrogens is 1. The summed E-state index contributed by atoms with van der Waals surface area (Å²) in [6.07, 6.45) is -2.15. The SMILES string of the molecule is Cc1ccc2c(NC3c4ccccc4C4CCCCC4C3(O)C(F)(F)F)cccc2n1. The van der Waals surface area contributed by atoms with Crippen molar-refractivity contribution >= 4 is 16.6 Å². The van der Waals surface area contributed by atoms with Gasteiger partial charge in [-0.1, -0.05) is 43.2 Å². The van der Waals surface area contributed by atoms with Crippen LogP contribution in [0, 0.1) is 12.8 Å². The molecule has 6 heteroatoms. The zero-order valence-electron chi connectivity index (χ0n) is 17.3. The van der Waals surface area contributed by atoms with Crippen molar-refractivity contribution in [2.75, 3.05) is 5.32 Å². The van der Waals surface area contributed by atoms with E-state index in [1.165, 1.54) is 0 Å². The summed E-state index contributed by atoms with van der Waals surface area (Å²) in [6.45, 7) is 1.88. The molecule has 3 nitrogen and oxygen atoms in total. The van der Waals surface area contributed by atoms with Gasteiger partial charge in [-0.3, -0.25) is 4.98 Å². The van der Waals surface area contributed by atoms with Crippen LogP contribution in [0.1, 0.15) is 54.5 Å². The molecule has 0 radical (unpaired) electrons. The van der Waals surface area contributed by atoms with E-state index in [0.717, 1.165) is 23.1 Å². The number of aryl methyl sites for hydroxylation is 1. The Morgan fingerprint density at radius 2 is 1.71 bits per heavy atom. The number of hydrogen-bond acceptors (Lipinski definition) is 3. The highest BCUT2D eigenvalue weighted by Crippen LogP contribution is 2.59. The number of pyridine rings is 1. The van der Waals surface area contributed by atoms with E-state index in [9.17, 15) is 18.3 Å². The van der Waals surface area contributed by atoms with E-state index in [2.05, 4.69) is 10.3 Å². The second kappa shape index (κ2) is 7.23. The van der Waals surface area contributed by atoms with Crippen molar-refractivity contribution in [3.8, 4) is 0 Å². The second-order valence-electron chi connectivity index (χ2n) is 8.85. The van der Waals surface area contributed by atoms with Crippen molar-refractivity contribution in [1.29, 1.82) is 0 Å². The van der Waals surface area contributed by atoms with Gasteiger partial charge in [-0.05, 0) is 61.1 Å². The Bertz CT molecular complexity index is 1130. The molecule has 4 atom stereocenters. The molecule has 0 aliphatic heterocycles. The molecule has 1 aromatic heterocycles. The molecule has 2 N–H and O–H groups in total. The highest BCUT2D eigenvalue weighted by atomic mass is 19.4. The van der Waals surface area contributed by atoms with Gasteiger partial charge < -0.3 is 10.4 Å². The van der Waals surface area contributed by atoms with Gasteiger partial charge in [0.15, 0.2) is 5.60 Å². The fourth-order valence-corrected chi connectivity index (χ4v) is 5.69. The molecule has 1 saturated carbocycles. The molecule has 2 aromatic carbocycles. The summed E-state index contributed by atoms with van der Waals surface area (Å²) >= 11 is 0. The van der Waals surface area contributed by atoms with Gasteiger partial charge in [0, 0.05) is 22.7 Å². The molecule has 31 heavy (non-hydrogen) atoms. The first-order chi connectivity index (χ1) is 14.8. The molecule has 2 aliphatic rings. The summed E-state index contributed by atoms with van der Waals surface area (Å²) in [5, 5.41) is 15.3. The third-order valence-electron chi connectivity index (χ3n) is 7.10. The molecule has 4 unspecified atom stereocenters. The molecule has 0 spiro atoms. The van der Waals surface area contributed by atoms with Crippen molar-refractivity contribution in [3.05, 3.63) is 71.4 Å². The van der Waals surface area contributed by atoms with Crippen LogP contribution < -0.4 is 5.32 Å². The topological polar surface area (TPSA) is 45.1 Å². The lowest BCUT2D eigenvalue weighted by atomic mass is 9.58. The van der Waals surface area contributed by atoms with Crippen molar-refractivity contribution in [3.63, 3.8) is 0 Å². The van der Waals surface area contributed by atoms with E-state index >= 15 is 0 Å². The summed E-state index contributed by atoms with van der Waals surface area (Å²) < 4.78 is 43.8. The number of hydrogen-bond donors (Lipinski definition) is 2. The lowest BCUT2D eigenvalue weighted by molar-refractivity contribution is -0.294. The minimum absolute atomic E-state index is 0.286. The molecular weight excluding hydrogens is 401 g/mol. The molecule has 162 valence electrons. The Morgan fingerprint density at radius 3 is 2.48 bits per heavy atom. The number of fused-ring (bicyclic) bond motifs is 4. The van der Waals surface area contributed by atoms with E-state index in [4.69, 9.17) is 0 Å². The number of aliphatic hydroxyl groups is 1. The Morgan fingerprint density at radius 1 is 0.968 bits per heavy atom. The molecular formula is C25H25F3N2O. The predicted octanol–water partition coefficient (Wildman–Crippen LogP) is 6.28. The first kappa shape index (κ1) is 20.3. The van der Waals surface area contributed by atoms with Gasteiger partial charge in [-0.15, -0.1) is 0 Å². The van der Waals surface area contributed by atoms with Crippen LogP contribution in [-0.2, 0) is 0 Å². The van der Waals surface area contributed by atoms with E-state index in [1.54, 1.807) is 24.3 Å². The van der Waals surface area contributed by atoms with Crippen LogP contribution in [0.3, 0.4) is 0 Å². The van der Waals surface area contributed by atoms with Gasteiger partial charge in [0.05, 0.1) is 11.6 Å². The van der Waals surface area contributed by atoms with E-state index in [1.807, 2.05) is 37.3 Å². The quantitative estimate of drug-likeness (QED) is 0.507. The minimum Gasteiger partial charge on any atom is -0.378 e. The number of benzene rings is 2. The van der Waals surface area contributed by atoms with Crippen molar-refractivity contribution in [2.24, 2.45) is 5.92 Å². The average molecular weight is 426 g/mol. The van der Waals surface area contributed by atoms with Crippen LogP contribution in [0.15, 0.2) is 54.6 Å². The number of nitrogens with zero attached hydrogens (tertiary/aromatic N) is 1. The Hall–Kier alpha value is -2.60. The number of halogens is 3. The summed E-state index contributed by atoms with van der Waals surface area (Å²) in [6, 6.07) is 15.1. The molecule has 5 rings (SSSR count). The maximum Gasteiger partial charge on any atom is 0.419 e. The fraction of sp³-hybridized carbons (Fsp3) is 0.400. The fourth-order valence-electron chi connectivity index (χ4n) is 5.69. The molecule has 1 heterocycles. The van der Waals surface area contributed by atoms with E-state index < -0.39 is 23.7 Å². The molecule has 2 aliphatic carbocycles. The molecule has 0 bridgehead atoms. The maximum absolute atomic E-state index is 14.6. The first-order valence-corrected chi connectivity index (χ1v) is 10.8. The van der Waals surface area contributed by atoms with Crippen molar-refractivity contribution in [1.82, 2.24) is 4.98 Å². The first-order valence-electron chi connectivity index (χ1n) is 10.8. The Labute approximate surface area is 179 Å². The predicted molar refractivity (Wildman–Crippen MR) is 115 cm³/mol. The monoisotopic (exact) mass is 426 g/mol. The number of rotatable bonds is 2. The third kappa shape index (κ3) is 3.11. The summed E-state index contributed by atoms with van der Waals surface area (Å²) in [7, 11) is 0. The van der Waals surface area contributed by atoms with Crippen LogP contribution in [0.2, 0.25) is 0 Å². The summed E-state index contributed by atoms with van der Waals surface area (Å²) in [5.74, 6) is -1.16. The summed E-state index contributed by atoms with van der Waals surface area (Å²) in [4.78, 5) is 4.50. The molecule has 0 saturated heterocycles. The lowest BCUT2D eigenvalue weighted by Gasteiger charge is -2.52. The Balaban J connectivity index is 1.70. The van der Waals surface area contributed by atoms with Crippen LogP contribution in [0.4, 0.5) is 18.9 Å². The van der Waals surface area contributed by atoms with Gasteiger partial charge in [0.2, 0.25) is 0 Å². The highest BCUT2D eigenvalue weighted by Gasteiger charge is 2.67. The highest BCUT2D eigenvalue weighted by molar-refractivity contribution is 5.91. The van der Waals surface area contributed by atoms with Crippen molar-refractivity contribution in [2.45, 2.75) is 56.3 Å². The van der Waals surface area contributed by atoms with Crippen LogP contribution >= 0.6 is 0 Å². The third-order valence-corrected chi connectivity index (χ3v) is 7.10. The number of anilines is 1. The van der Waals surface area contributed by atoms with Gasteiger partial charge in [-0.25, -0.2) is 0 Å². The van der Waals surface area contributed by atoms with Crippen LogP contribution in [0.25, 0.3) is 10.9 Å². The Kier molecular flexibility index (Phi) is 4.74. The maximum atomic E-state index is 14.6. The zero-order chi connectivity index (χ0) is 21.8.